The normalized spacial score (nSPS) is 14.8. The molecule has 0 bridgehead atoms. The molecule has 2 aromatic carbocycles. The second-order valence-corrected chi connectivity index (χ2v) is 9.06. The largest absolute Gasteiger partial charge is 0.452 e. The van der Waals surface area contributed by atoms with E-state index in [1.165, 1.54) is 28.6 Å². The van der Waals surface area contributed by atoms with E-state index in [2.05, 4.69) is 5.32 Å². The number of carbonyl (C=O) groups is 2. The van der Waals surface area contributed by atoms with E-state index >= 15 is 0 Å². The summed E-state index contributed by atoms with van der Waals surface area (Å²) in [6.07, 6.45) is 0. The van der Waals surface area contributed by atoms with Gasteiger partial charge in [0.15, 0.2) is 6.61 Å². The van der Waals surface area contributed by atoms with Crippen LogP contribution in [0, 0.1) is 12.7 Å². The number of nitrogens with one attached hydrogen (secondary N) is 1. The van der Waals surface area contributed by atoms with Crippen LogP contribution in [0.5, 0.6) is 0 Å². The molecule has 1 aliphatic rings. The van der Waals surface area contributed by atoms with Gasteiger partial charge in [-0.25, -0.2) is 17.6 Å². The molecule has 3 rings (SSSR count). The van der Waals surface area contributed by atoms with E-state index < -0.39 is 39.9 Å². The zero-order valence-corrected chi connectivity index (χ0v) is 18.1. The van der Waals surface area contributed by atoms with Gasteiger partial charge in [-0.2, -0.15) is 4.31 Å². The molecule has 0 saturated carbocycles. The van der Waals surface area contributed by atoms with Crippen LogP contribution < -0.4 is 5.32 Å². The van der Waals surface area contributed by atoms with Crippen molar-refractivity contribution in [1.82, 2.24) is 4.31 Å². The molecular formula is C20H20ClFN2O6S. The van der Waals surface area contributed by atoms with Crippen LogP contribution in [0.1, 0.15) is 15.9 Å². The van der Waals surface area contributed by atoms with Crippen molar-refractivity contribution >= 4 is 39.2 Å². The maximum absolute atomic E-state index is 13.8. The van der Waals surface area contributed by atoms with Gasteiger partial charge in [-0.15, -0.1) is 0 Å². The van der Waals surface area contributed by atoms with Crippen LogP contribution in [0.2, 0.25) is 5.02 Å². The number of benzene rings is 2. The number of hydrogen-bond acceptors (Lipinski definition) is 6. The zero-order chi connectivity index (χ0) is 22.6. The maximum atomic E-state index is 13.8. The molecule has 1 N–H and O–H groups in total. The Balaban J connectivity index is 1.69. The zero-order valence-electron chi connectivity index (χ0n) is 16.6. The van der Waals surface area contributed by atoms with E-state index in [1.807, 2.05) is 0 Å². The third-order valence-corrected chi connectivity index (χ3v) is 6.80. The predicted octanol–water partition coefficient (Wildman–Crippen LogP) is 2.60. The highest BCUT2D eigenvalue weighted by atomic mass is 35.5. The third kappa shape index (κ3) is 5.40. The Morgan fingerprint density at radius 2 is 1.94 bits per heavy atom. The highest BCUT2D eigenvalue weighted by molar-refractivity contribution is 7.89. The van der Waals surface area contributed by atoms with Gasteiger partial charge in [-0.1, -0.05) is 23.7 Å². The molecule has 1 heterocycles. The average Bonchev–Trinajstić information content (AvgIpc) is 2.74. The third-order valence-electron chi connectivity index (χ3n) is 4.59. The van der Waals surface area contributed by atoms with Crippen molar-refractivity contribution in [2.45, 2.75) is 11.8 Å². The lowest BCUT2D eigenvalue weighted by Gasteiger charge is -2.26. The first-order valence-electron chi connectivity index (χ1n) is 9.29. The Labute approximate surface area is 183 Å². The molecule has 8 nitrogen and oxygen atoms in total. The summed E-state index contributed by atoms with van der Waals surface area (Å²) in [6, 6.07) is 8.07. The molecular weight excluding hydrogens is 451 g/mol. The molecule has 0 radical (unpaired) electrons. The fourth-order valence-corrected chi connectivity index (χ4v) is 4.59. The Kier molecular flexibility index (Phi) is 7.26. The minimum Gasteiger partial charge on any atom is -0.452 e. The number of hydrogen-bond donors (Lipinski definition) is 1. The van der Waals surface area contributed by atoms with Gasteiger partial charge < -0.3 is 14.8 Å². The molecule has 0 unspecified atom stereocenters. The molecule has 2 aromatic rings. The second kappa shape index (κ2) is 9.73. The maximum Gasteiger partial charge on any atom is 0.343 e. The first-order chi connectivity index (χ1) is 14.7. The van der Waals surface area contributed by atoms with Gasteiger partial charge in [0.25, 0.3) is 5.91 Å². The summed E-state index contributed by atoms with van der Waals surface area (Å²) in [5, 5.41) is 2.37. The summed E-state index contributed by atoms with van der Waals surface area (Å²) in [4.78, 5) is 24.3. The highest BCUT2D eigenvalue weighted by Crippen LogP contribution is 2.24. The fraction of sp³-hybridized carbons (Fsp3) is 0.300. The van der Waals surface area contributed by atoms with Crippen molar-refractivity contribution in [2.24, 2.45) is 0 Å². The van der Waals surface area contributed by atoms with Gasteiger partial charge in [0.1, 0.15) is 11.4 Å². The first-order valence-corrected chi connectivity index (χ1v) is 11.1. The van der Waals surface area contributed by atoms with Crippen LogP contribution >= 0.6 is 11.6 Å². The lowest BCUT2D eigenvalue weighted by Crippen LogP contribution is -2.40. The molecule has 0 spiro atoms. The number of esters is 1. The number of carbonyl (C=O) groups excluding carboxylic acids is 2. The number of rotatable bonds is 6. The highest BCUT2D eigenvalue weighted by Gasteiger charge is 2.27. The summed E-state index contributed by atoms with van der Waals surface area (Å²) < 4.78 is 50.7. The number of sulfonamides is 1. The second-order valence-electron chi connectivity index (χ2n) is 6.71. The van der Waals surface area contributed by atoms with Crippen molar-refractivity contribution in [3.8, 4) is 0 Å². The molecule has 0 atom stereocenters. The number of amides is 1. The van der Waals surface area contributed by atoms with E-state index in [1.54, 1.807) is 13.0 Å². The number of halogens is 2. The molecule has 1 fully saturated rings. The average molecular weight is 471 g/mol. The summed E-state index contributed by atoms with van der Waals surface area (Å²) in [7, 11) is -3.75. The molecule has 1 amide bonds. The van der Waals surface area contributed by atoms with E-state index in [0.29, 0.717) is 18.8 Å². The monoisotopic (exact) mass is 470 g/mol. The Bertz CT molecular complexity index is 1080. The summed E-state index contributed by atoms with van der Waals surface area (Å²) >= 11 is 5.80. The predicted molar refractivity (Wildman–Crippen MR) is 111 cm³/mol. The first kappa shape index (κ1) is 23.1. The van der Waals surface area contributed by atoms with E-state index in [-0.39, 0.29) is 28.7 Å². The molecule has 1 saturated heterocycles. The molecule has 0 aromatic heterocycles. The van der Waals surface area contributed by atoms with Gasteiger partial charge >= 0.3 is 5.97 Å². The van der Waals surface area contributed by atoms with Gasteiger partial charge in [0.05, 0.1) is 23.1 Å². The van der Waals surface area contributed by atoms with Crippen LogP contribution in [-0.2, 0) is 24.3 Å². The summed E-state index contributed by atoms with van der Waals surface area (Å²) in [6.45, 7) is 2.09. The van der Waals surface area contributed by atoms with E-state index in [9.17, 15) is 22.4 Å². The molecule has 31 heavy (non-hydrogen) atoms. The minimum atomic E-state index is -3.75. The van der Waals surface area contributed by atoms with Crippen molar-refractivity contribution in [1.29, 1.82) is 0 Å². The van der Waals surface area contributed by atoms with Gasteiger partial charge in [0.2, 0.25) is 10.0 Å². The topological polar surface area (TPSA) is 102 Å². The van der Waals surface area contributed by atoms with Gasteiger partial charge in [-0.05, 0) is 36.8 Å². The number of ether oxygens (including phenoxy) is 2. The molecule has 0 aliphatic carbocycles. The quantitative estimate of drug-likeness (QED) is 0.651. The number of anilines is 1. The van der Waals surface area contributed by atoms with Crippen molar-refractivity contribution in [2.75, 3.05) is 38.2 Å². The van der Waals surface area contributed by atoms with Crippen molar-refractivity contribution in [3.63, 3.8) is 0 Å². The van der Waals surface area contributed by atoms with Crippen LogP contribution in [0.25, 0.3) is 0 Å². The minimum absolute atomic E-state index is 0.0189. The fourth-order valence-electron chi connectivity index (χ4n) is 2.91. The van der Waals surface area contributed by atoms with E-state index in [0.717, 1.165) is 6.07 Å². The molecule has 166 valence electrons. The van der Waals surface area contributed by atoms with Crippen molar-refractivity contribution in [3.05, 3.63) is 58.4 Å². The Morgan fingerprint density at radius 1 is 1.23 bits per heavy atom. The van der Waals surface area contributed by atoms with Crippen LogP contribution in [0.4, 0.5) is 10.1 Å². The van der Waals surface area contributed by atoms with E-state index in [4.69, 9.17) is 21.1 Å². The van der Waals surface area contributed by atoms with Gasteiger partial charge in [-0.3, -0.25) is 4.79 Å². The Morgan fingerprint density at radius 3 is 2.61 bits per heavy atom. The number of aryl methyl sites for hydroxylation is 1. The van der Waals surface area contributed by atoms with Crippen LogP contribution in [0.3, 0.4) is 0 Å². The molecule has 1 aliphatic heterocycles. The molecule has 11 heteroatoms. The van der Waals surface area contributed by atoms with Crippen molar-refractivity contribution < 1.29 is 31.9 Å². The standard InChI is InChI=1S/C20H20ClFN2O6S/c1-13-5-6-14(31(27,28)24-7-9-29-10-8-24)11-17(13)23-18(25)12-30-20(26)19-15(21)3-2-4-16(19)22/h2-6,11H,7-10,12H2,1H3,(H,23,25). The Hall–Kier alpha value is -2.53. The SMILES string of the molecule is Cc1ccc(S(=O)(=O)N2CCOCC2)cc1NC(=O)COC(=O)c1c(F)cccc1Cl. The summed E-state index contributed by atoms with van der Waals surface area (Å²) in [5.41, 5.74) is 0.392. The lowest BCUT2D eigenvalue weighted by molar-refractivity contribution is -0.119. The summed E-state index contributed by atoms with van der Waals surface area (Å²) in [5.74, 6) is -2.67. The number of nitrogens with zero attached hydrogens (tertiary/aromatic N) is 1. The smallest absolute Gasteiger partial charge is 0.343 e. The van der Waals surface area contributed by atoms with Crippen LogP contribution in [0.15, 0.2) is 41.3 Å². The lowest BCUT2D eigenvalue weighted by atomic mass is 10.2. The van der Waals surface area contributed by atoms with Gasteiger partial charge in [0, 0.05) is 18.8 Å². The number of morpholine rings is 1. The van der Waals surface area contributed by atoms with Crippen LogP contribution in [-0.4, -0.2) is 57.5 Å².